The van der Waals surface area contributed by atoms with Crippen LogP contribution in [0.4, 0.5) is 0 Å². The fourth-order valence-electron chi connectivity index (χ4n) is 4.23. The molecule has 112 valence electrons. The fraction of sp³-hybridized carbons (Fsp3) is 0.684. The minimum atomic E-state index is 0.312. The van der Waals surface area contributed by atoms with Crippen LogP contribution in [0.2, 0.25) is 0 Å². The lowest BCUT2D eigenvalue weighted by Gasteiger charge is -2.37. The Labute approximate surface area is 125 Å². The van der Waals surface area contributed by atoms with E-state index in [4.69, 9.17) is 5.73 Å². The molecule has 0 heterocycles. The average Bonchev–Trinajstić information content (AvgIpc) is 2.82. The van der Waals surface area contributed by atoms with Gasteiger partial charge in [-0.25, -0.2) is 0 Å². The van der Waals surface area contributed by atoms with Crippen molar-refractivity contribution in [3.63, 3.8) is 0 Å². The Morgan fingerprint density at radius 1 is 1.10 bits per heavy atom. The van der Waals surface area contributed by atoms with Crippen molar-refractivity contribution >= 4 is 0 Å². The molecule has 20 heavy (non-hydrogen) atoms. The molecule has 0 spiro atoms. The minimum Gasteiger partial charge on any atom is -0.327 e. The van der Waals surface area contributed by atoms with Gasteiger partial charge in [0.25, 0.3) is 0 Å². The molecule has 2 rings (SSSR count). The summed E-state index contributed by atoms with van der Waals surface area (Å²) in [5.74, 6) is 0.747. The van der Waals surface area contributed by atoms with Crippen LogP contribution in [0.3, 0.4) is 0 Å². The SMILES string of the molecule is Cc1cccc(C)c1CC(N)C1(CC(C)C)CCCC1. The molecular formula is C19H31N. The Balaban J connectivity index is 2.19. The van der Waals surface area contributed by atoms with Crippen LogP contribution in [0.5, 0.6) is 0 Å². The van der Waals surface area contributed by atoms with Gasteiger partial charge in [0.1, 0.15) is 0 Å². The summed E-state index contributed by atoms with van der Waals surface area (Å²) in [6.07, 6.45) is 7.74. The van der Waals surface area contributed by atoms with Gasteiger partial charge in [-0.1, -0.05) is 44.9 Å². The summed E-state index contributed by atoms with van der Waals surface area (Å²) >= 11 is 0. The maximum atomic E-state index is 6.73. The van der Waals surface area contributed by atoms with Gasteiger partial charge in [-0.05, 0) is 67.6 Å². The third-order valence-electron chi connectivity index (χ3n) is 5.27. The van der Waals surface area contributed by atoms with E-state index in [0.29, 0.717) is 11.5 Å². The van der Waals surface area contributed by atoms with E-state index in [1.165, 1.54) is 48.8 Å². The second-order valence-electron chi connectivity index (χ2n) is 7.35. The molecule has 0 saturated heterocycles. The van der Waals surface area contributed by atoms with Gasteiger partial charge in [0.15, 0.2) is 0 Å². The lowest BCUT2D eigenvalue weighted by Crippen LogP contribution is -2.42. The van der Waals surface area contributed by atoms with Crippen molar-refractivity contribution in [2.75, 3.05) is 0 Å². The molecule has 1 aromatic rings. The molecule has 1 unspecified atom stereocenters. The highest BCUT2D eigenvalue weighted by atomic mass is 14.7. The maximum absolute atomic E-state index is 6.73. The Morgan fingerprint density at radius 2 is 1.65 bits per heavy atom. The van der Waals surface area contributed by atoms with Crippen molar-refractivity contribution in [2.24, 2.45) is 17.1 Å². The first-order valence-corrected chi connectivity index (χ1v) is 8.25. The number of aryl methyl sites for hydroxylation is 2. The summed E-state index contributed by atoms with van der Waals surface area (Å²) in [5, 5.41) is 0. The first kappa shape index (κ1) is 15.6. The van der Waals surface area contributed by atoms with Gasteiger partial charge in [-0.15, -0.1) is 0 Å². The zero-order valence-corrected chi connectivity index (χ0v) is 13.7. The summed E-state index contributed by atoms with van der Waals surface area (Å²) < 4.78 is 0. The van der Waals surface area contributed by atoms with Crippen LogP contribution in [0.15, 0.2) is 18.2 Å². The summed E-state index contributed by atoms with van der Waals surface area (Å²) in [6.45, 7) is 9.12. The molecule has 1 atom stereocenters. The quantitative estimate of drug-likeness (QED) is 0.821. The number of nitrogens with two attached hydrogens (primary N) is 1. The normalized spacial score (nSPS) is 19.5. The Bertz CT molecular complexity index is 421. The van der Waals surface area contributed by atoms with Crippen LogP contribution in [-0.2, 0) is 6.42 Å². The van der Waals surface area contributed by atoms with Gasteiger partial charge in [0.2, 0.25) is 0 Å². The highest BCUT2D eigenvalue weighted by Crippen LogP contribution is 2.46. The molecule has 2 N–H and O–H groups in total. The van der Waals surface area contributed by atoms with Crippen molar-refractivity contribution in [3.05, 3.63) is 34.9 Å². The first-order valence-electron chi connectivity index (χ1n) is 8.25. The lowest BCUT2D eigenvalue weighted by molar-refractivity contribution is 0.181. The third-order valence-corrected chi connectivity index (χ3v) is 5.27. The van der Waals surface area contributed by atoms with E-state index < -0.39 is 0 Å². The largest absolute Gasteiger partial charge is 0.327 e. The predicted molar refractivity (Wildman–Crippen MR) is 88.0 cm³/mol. The van der Waals surface area contributed by atoms with Gasteiger partial charge in [0, 0.05) is 6.04 Å². The van der Waals surface area contributed by atoms with Crippen molar-refractivity contribution in [1.82, 2.24) is 0 Å². The topological polar surface area (TPSA) is 26.0 Å². The van der Waals surface area contributed by atoms with Crippen LogP contribution in [-0.4, -0.2) is 6.04 Å². The molecule has 0 aromatic heterocycles. The number of hydrogen-bond donors (Lipinski definition) is 1. The molecule has 0 amide bonds. The highest BCUT2D eigenvalue weighted by Gasteiger charge is 2.39. The summed E-state index contributed by atoms with van der Waals surface area (Å²) in [6, 6.07) is 6.91. The summed E-state index contributed by atoms with van der Waals surface area (Å²) in [7, 11) is 0. The van der Waals surface area contributed by atoms with E-state index in [9.17, 15) is 0 Å². The van der Waals surface area contributed by atoms with Crippen molar-refractivity contribution in [3.8, 4) is 0 Å². The van der Waals surface area contributed by atoms with Gasteiger partial charge in [-0.2, -0.15) is 0 Å². The van der Waals surface area contributed by atoms with Gasteiger partial charge >= 0.3 is 0 Å². The molecule has 1 fully saturated rings. The van der Waals surface area contributed by atoms with Crippen LogP contribution >= 0.6 is 0 Å². The van der Waals surface area contributed by atoms with E-state index in [1.807, 2.05) is 0 Å². The number of hydrogen-bond acceptors (Lipinski definition) is 1. The van der Waals surface area contributed by atoms with E-state index in [0.717, 1.165) is 12.3 Å². The maximum Gasteiger partial charge on any atom is 0.0136 e. The Morgan fingerprint density at radius 3 is 2.15 bits per heavy atom. The molecule has 0 aliphatic heterocycles. The van der Waals surface area contributed by atoms with Crippen LogP contribution in [0.25, 0.3) is 0 Å². The third kappa shape index (κ3) is 3.25. The highest BCUT2D eigenvalue weighted by molar-refractivity contribution is 5.34. The first-order chi connectivity index (χ1) is 9.44. The smallest absolute Gasteiger partial charge is 0.0136 e. The molecule has 1 nitrogen and oxygen atoms in total. The standard InChI is InChI=1S/C19H31N/c1-14(2)13-19(10-5-6-11-19)18(20)12-17-15(3)8-7-9-16(17)4/h7-9,14,18H,5-6,10-13,20H2,1-4H3. The Hall–Kier alpha value is -0.820. The van der Waals surface area contributed by atoms with E-state index in [2.05, 4.69) is 45.9 Å². The van der Waals surface area contributed by atoms with Crippen LogP contribution < -0.4 is 5.73 Å². The molecule has 1 aliphatic rings. The van der Waals surface area contributed by atoms with Gasteiger partial charge in [-0.3, -0.25) is 0 Å². The number of rotatable bonds is 5. The van der Waals surface area contributed by atoms with Gasteiger partial charge < -0.3 is 5.73 Å². The van der Waals surface area contributed by atoms with Crippen LogP contribution in [0, 0.1) is 25.2 Å². The minimum absolute atomic E-state index is 0.312. The zero-order chi connectivity index (χ0) is 14.8. The van der Waals surface area contributed by atoms with E-state index in [1.54, 1.807) is 0 Å². The lowest BCUT2D eigenvalue weighted by atomic mass is 9.71. The molecule has 1 saturated carbocycles. The zero-order valence-electron chi connectivity index (χ0n) is 13.7. The monoisotopic (exact) mass is 273 g/mol. The Kier molecular flexibility index (Phi) is 4.90. The number of benzene rings is 1. The molecular weight excluding hydrogens is 242 g/mol. The fourth-order valence-corrected chi connectivity index (χ4v) is 4.23. The van der Waals surface area contributed by atoms with Crippen molar-refractivity contribution in [2.45, 2.75) is 72.3 Å². The average molecular weight is 273 g/mol. The summed E-state index contributed by atoms with van der Waals surface area (Å²) in [5.41, 5.74) is 11.4. The molecule has 0 radical (unpaired) electrons. The van der Waals surface area contributed by atoms with E-state index >= 15 is 0 Å². The van der Waals surface area contributed by atoms with E-state index in [-0.39, 0.29) is 0 Å². The molecule has 1 heteroatoms. The van der Waals surface area contributed by atoms with Crippen molar-refractivity contribution < 1.29 is 0 Å². The molecule has 1 aliphatic carbocycles. The predicted octanol–water partition coefficient (Wildman–Crippen LogP) is 4.78. The second-order valence-corrected chi connectivity index (χ2v) is 7.35. The second kappa shape index (κ2) is 6.30. The molecule has 0 bridgehead atoms. The van der Waals surface area contributed by atoms with Crippen molar-refractivity contribution in [1.29, 1.82) is 0 Å². The van der Waals surface area contributed by atoms with Crippen LogP contribution in [0.1, 0.15) is 62.6 Å². The molecule has 1 aromatic carbocycles. The summed E-state index contributed by atoms with van der Waals surface area (Å²) in [4.78, 5) is 0. The van der Waals surface area contributed by atoms with Gasteiger partial charge in [0.05, 0.1) is 0 Å².